The minimum Gasteiger partial charge on any atom is -0.465 e. The van der Waals surface area contributed by atoms with Gasteiger partial charge in [-0.1, -0.05) is 13.0 Å². The Bertz CT molecular complexity index is 1470. The molecule has 1 amide bonds. The maximum atomic E-state index is 14.2. The van der Waals surface area contributed by atoms with Crippen molar-refractivity contribution in [3.05, 3.63) is 12.7 Å². The predicted octanol–water partition coefficient (Wildman–Crippen LogP) is 0.277. The molecule has 0 aromatic heterocycles. The van der Waals surface area contributed by atoms with Gasteiger partial charge in [0.05, 0.1) is 39.4 Å². The number of methoxy groups -OCH3 is 1. The van der Waals surface area contributed by atoms with Crippen molar-refractivity contribution in [1.29, 1.82) is 0 Å². The van der Waals surface area contributed by atoms with Crippen molar-refractivity contribution in [3.63, 3.8) is 0 Å². The molecule has 22 nitrogen and oxygen atoms in total. The number of carbonyl (C=O) groups excluding carboxylic acids is 5. The lowest BCUT2D eigenvalue weighted by atomic mass is 9.87. The number of aliphatic hydroxyl groups is 1. The van der Waals surface area contributed by atoms with Gasteiger partial charge >= 0.3 is 23.9 Å². The van der Waals surface area contributed by atoms with E-state index >= 15 is 0 Å². The molecule has 0 bridgehead atoms. The highest BCUT2D eigenvalue weighted by Crippen LogP contribution is 2.42. The molecule has 0 aliphatic carbocycles. The van der Waals surface area contributed by atoms with Crippen molar-refractivity contribution in [2.24, 2.45) is 0 Å². The summed E-state index contributed by atoms with van der Waals surface area (Å²) in [6.07, 6.45) is -17.7. The highest BCUT2D eigenvalue weighted by Gasteiger charge is 2.62. The minimum absolute atomic E-state index is 0.0320. The molecule has 2 N–H and O–H groups in total. The van der Waals surface area contributed by atoms with Crippen LogP contribution < -0.4 is 5.32 Å². The zero-order valence-corrected chi connectivity index (χ0v) is 40.3. The quantitative estimate of drug-likeness (QED) is 0.0639. The number of rotatable bonds is 22. The van der Waals surface area contributed by atoms with Crippen molar-refractivity contribution in [1.82, 2.24) is 5.32 Å². The number of esters is 4. The second-order valence-corrected chi connectivity index (χ2v) is 15.4. The van der Waals surface area contributed by atoms with Crippen LogP contribution in [0.4, 0.5) is 0 Å². The van der Waals surface area contributed by atoms with Gasteiger partial charge in [0.1, 0.15) is 67.1 Å². The summed E-state index contributed by atoms with van der Waals surface area (Å²) >= 11 is 0. The first-order valence-electron chi connectivity index (χ1n) is 18.8. The highest BCUT2D eigenvalue weighted by molar-refractivity contribution is 7.10. The number of nitrogens with one attached hydrogen (secondary N) is 1. The molecular weight excluding hydrogens is 913 g/mol. The normalized spacial score (nSPS) is 34.9. The molecule has 3 fully saturated rings. The third kappa shape index (κ3) is 14.1. The maximum absolute atomic E-state index is 14.2. The first-order valence-corrected chi connectivity index (χ1v) is 21.1. The number of aliphatic hydroxyl groups excluding tert-OH is 1. The number of carbonyl (C=O) groups is 5. The average Bonchev–Trinajstić information content (AvgIpc) is 3.20. The van der Waals surface area contributed by atoms with E-state index in [4.69, 9.17) is 70.0 Å². The number of hydrogen-bond donors (Lipinski definition) is 2. The van der Waals surface area contributed by atoms with Crippen LogP contribution in [0, 0.1) is 0 Å². The first kappa shape index (κ1) is 54.1. The molecule has 3 heterocycles. The van der Waals surface area contributed by atoms with Crippen molar-refractivity contribution >= 4 is 77.1 Å². The summed E-state index contributed by atoms with van der Waals surface area (Å²) in [5.74, 6) is -7.02. The average molecular weight is 972 g/mol. The number of amides is 1. The Morgan fingerprint density at radius 1 is 0.836 bits per heavy atom. The molecular formula is C34H58NO21P5. The number of hydrogen-bond acceptors (Lipinski definition) is 21. The Morgan fingerprint density at radius 3 is 1.93 bits per heavy atom. The fraction of sp³-hybridized carbons (Fsp3) is 0.794. The van der Waals surface area contributed by atoms with E-state index in [1.807, 2.05) is 18.9 Å². The largest absolute Gasteiger partial charge is 0.465 e. The lowest BCUT2D eigenvalue weighted by Gasteiger charge is -2.52. The second kappa shape index (κ2) is 26.0. The van der Waals surface area contributed by atoms with E-state index in [-0.39, 0.29) is 26.2 Å². The summed E-state index contributed by atoms with van der Waals surface area (Å²) in [6, 6.07) is -1.36. The molecule has 21 atom stereocenters. The van der Waals surface area contributed by atoms with Crippen molar-refractivity contribution in [3.8, 4) is 0 Å². The summed E-state index contributed by atoms with van der Waals surface area (Å²) in [4.78, 5) is 64.5. The van der Waals surface area contributed by atoms with Crippen molar-refractivity contribution < 1.29 is 99.1 Å². The zero-order valence-electron chi connectivity index (χ0n) is 34.5. The Balaban J connectivity index is 2.23. The molecule has 3 aliphatic heterocycles. The van der Waals surface area contributed by atoms with Crippen molar-refractivity contribution in [2.45, 2.75) is 145 Å². The van der Waals surface area contributed by atoms with Crippen LogP contribution in [0.3, 0.4) is 0 Å². The van der Waals surface area contributed by atoms with Gasteiger partial charge in [-0.15, -0.1) is 6.58 Å². The van der Waals surface area contributed by atoms with E-state index in [2.05, 4.69) is 40.3 Å². The van der Waals surface area contributed by atoms with Gasteiger partial charge in [0.25, 0.3) is 5.79 Å². The molecule has 61 heavy (non-hydrogen) atoms. The first-order chi connectivity index (χ1) is 29.0. The van der Waals surface area contributed by atoms with E-state index < -0.39 is 134 Å². The fourth-order valence-corrected chi connectivity index (χ4v) is 8.52. The minimum atomic E-state index is -2.67. The summed E-state index contributed by atoms with van der Waals surface area (Å²) < 4.78 is 87.8. The van der Waals surface area contributed by atoms with Crippen LogP contribution in [0.2, 0.25) is 0 Å². The SMILES string of the molecule is C=CCO[C@@H]1OC(COP)[C@@H](O[C@@H]2OC(COP)[C@H](O)C(O[C@]3(C(=O)OC)C[C@H](OC(C)=O)[C@@H](NC(C)=O)C([C@@H](OC(C)=O)[C@@H](CC)OC(C)=O)O3)[C@@H]2OP)C(OP)[C@@H]1OP. The van der Waals surface area contributed by atoms with Gasteiger partial charge in [-0.3, -0.25) is 19.2 Å². The topological polar surface area (TPSA) is 256 Å². The summed E-state index contributed by atoms with van der Waals surface area (Å²) in [7, 11) is 11.5. The van der Waals surface area contributed by atoms with E-state index in [9.17, 15) is 29.1 Å². The van der Waals surface area contributed by atoms with E-state index in [1.165, 1.54) is 13.0 Å². The lowest BCUT2D eigenvalue weighted by Crippen LogP contribution is -2.71. The Hall–Kier alpha value is -1.24. The summed E-state index contributed by atoms with van der Waals surface area (Å²) in [5, 5.41) is 14.6. The third-order valence-electron chi connectivity index (χ3n) is 9.64. The molecule has 3 aliphatic rings. The second-order valence-electron chi connectivity index (χ2n) is 13.9. The molecule has 0 spiro atoms. The summed E-state index contributed by atoms with van der Waals surface area (Å²) in [5.41, 5.74) is 0. The van der Waals surface area contributed by atoms with Crippen LogP contribution in [0.1, 0.15) is 47.5 Å². The van der Waals surface area contributed by atoms with Crippen LogP contribution in [0.15, 0.2) is 12.7 Å². The van der Waals surface area contributed by atoms with E-state index in [1.54, 1.807) is 6.92 Å². The van der Waals surface area contributed by atoms with Gasteiger partial charge in [0.15, 0.2) is 18.7 Å². The van der Waals surface area contributed by atoms with E-state index in [0.29, 0.717) is 0 Å². The monoisotopic (exact) mass is 971 g/mol. The van der Waals surface area contributed by atoms with Gasteiger partial charge in [-0.2, -0.15) is 0 Å². The molecule has 3 saturated heterocycles. The lowest BCUT2D eigenvalue weighted by molar-refractivity contribution is -0.380. The molecule has 0 radical (unpaired) electrons. The Kier molecular flexibility index (Phi) is 23.1. The van der Waals surface area contributed by atoms with Gasteiger partial charge in [0, 0.05) is 75.0 Å². The van der Waals surface area contributed by atoms with Crippen LogP contribution in [0.5, 0.6) is 0 Å². The standard InChI is InChI=1S/C34H58NO21P5/c1-8-10-43-31-30(56-61)28(54-59)25(21(50-31)13-45-58)51-32-29(55-60)27(23(40)20(49-32)12-44-57)53-34(33(41)42-7)11-19(47-16(5)38)22(35-14(3)36)26(52-34)24(48-17(6)39)18(9-2)46-15(4)37/h8,18-32,40H,1,9-13,57-61H2,2-7H3,(H,35,36)/t18-,19+,20?,21?,22-,23+,24+,25-,26?,27?,28?,29+,30+,31-,32+,34+/m1/s1. The zero-order chi connectivity index (χ0) is 45.6. The number of ether oxygens (including phenoxy) is 10. The molecule has 0 aromatic rings. The van der Waals surface area contributed by atoms with Gasteiger partial charge in [0.2, 0.25) is 5.91 Å². The molecule has 27 heteroatoms. The highest BCUT2D eigenvalue weighted by atomic mass is 31.0. The Morgan fingerprint density at radius 2 is 1.43 bits per heavy atom. The van der Waals surface area contributed by atoms with Crippen LogP contribution >= 0.6 is 47.3 Å². The fourth-order valence-electron chi connectivity index (χ4n) is 7.26. The molecule has 3 rings (SSSR count). The van der Waals surface area contributed by atoms with Gasteiger partial charge < -0.3 is 80.4 Å². The smallest absolute Gasteiger partial charge is 0.366 e. The van der Waals surface area contributed by atoms with Gasteiger partial charge in [-0.05, 0) is 6.42 Å². The molecule has 0 aromatic carbocycles. The summed E-state index contributed by atoms with van der Waals surface area (Å²) in [6.45, 7) is 9.46. The Labute approximate surface area is 365 Å². The maximum Gasteiger partial charge on any atom is 0.366 e. The van der Waals surface area contributed by atoms with Gasteiger partial charge in [-0.25, -0.2) is 4.79 Å². The van der Waals surface area contributed by atoms with Crippen LogP contribution in [-0.4, -0.2) is 159 Å². The van der Waals surface area contributed by atoms with Crippen molar-refractivity contribution in [2.75, 3.05) is 26.9 Å². The predicted molar refractivity (Wildman–Crippen MR) is 223 cm³/mol. The van der Waals surface area contributed by atoms with Crippen LogP contribution in [-0.2, 0) is 94.0 Å². The van der Waals surface area contributed by atoms with E-state index in [0.717, 1.165) is 27.9 Å². The molecule has 10 unspecified atom stereocenters. The molecule has 350 valence electrons. The van der Waals surface area contributed by atoms with Crippen LogP contribution in [0.25, 0.3) is 0 Å². The molecule has 0 saturated carbocycles. The third-order valence-corrected chi connectivity index (χ3v) is 11.0.